The highest BCUT2D eigenvalue weighted by Gasteiger charge is 2.27. The predicted octanol–water partition coefficient (Wildman–Crippen LogP) is 3.64. The Morgan fingerprint density at radius 2 is 2.19 bits per heavy atom. The van der Waals surface area contributed by atoms with Crippen LogP contribution in [-0.4, -0.2) is 5.16 Å². The van der Waals surface area contributed by atoms with Crippen LogP contribution in [0.15, 0.2) is 22.0 Å². The van der Waals surface area contributed by atoms with Gasteiger partial charge >= 0.3 is 0 Å². The van der Waals surface area contributed by atoms with Gasteiger partial charge in [0, 0.05) is 10.8 Å². The summed E-state index contributed by atoms with van der Waals surface area (Å²) in [5.41, 5.74) is 6.93. The third-order valence-corrected chi connectivity index (χ3v) is 4.13. The molecule has 0 unspecified atom stereocenters. The summed E-state index contributed by atoms with van der Waals surface area (Å²) < 4.78 is 5.43. The summed E-state index contributed by atoms with van der Waals surface area (Å²) in [7, 11) is 0. The predicted molar refractivity (Wildman–Crippen MR) is 65.4 cm³/mol. The second-order valence-electron chi connectivity index (χ2n) is 4.27. The molecule has 0 atom stereocenters. The van der Waals surface area contributed by atoms with Crippen molar-refractivity contribution in [3.8, 4) is 10.4 Å². The quantitative estimate of drug-likeness (QED) is 0.863. The van der Waals surface area contributed by atoms with Crippen molar-refractivity contribution in [1.29, 1.82) is 0 Å². The van der Waals surface area contributed by atoms with Crippen molar-refractivity contribution in [2.45, 2.75) is 31.6 Å². The number of hydrogen-bond acceptors (Lipinski definition) is 4. The highest BCUT2D eigenvalue weighted by molar-refractivity contribution is 7.13. The molecule has 0 amide bonds. The van der Waals surface area contributed by atoms with Crippen molar-refractivity contribution >= 4 is 17.2 Å². The molecule has 16 heavy (non-hydrogen) atoms. The van der Waals surface area contributed by atoms with Gasteiger partial charge in [-0.3, -0.25) is 0 Å². The van der Waals surface area contributed by atoms with E-state index < -0.39 is 0 Å². The SMILES string of the molecule is Nc1noc(C2CCCC2)c1-c1cccs1. The normalized spacial score (nSPS) is 17.0. The Hall–Kier alpha value is -1.29. The minimum atomic E-state index is 0.516. The van der Waals surface area contributed by atoms with Crippen molar-refractivity contribution in [1.82, 2.24) is 5.16 Å². The van der Waals surface area contributed by atoms with Gasteiger partial charge in [-0.1, -0.05) is 24.1 Å². The Bertz CT molecular complexity index is 469. The Morgan fingerprint density at radius 3 is 2.88 bits per heavy atom. The lowest BCUT2D eigenvalue weighted by molar-refractivity contribution is 0.364. The number of aromatic nitrogens is 1. The molecule has 0 spiro atoms. The van der Waals surface area contributed by atoms with Crippen molar-refractivity contribution in [3.63, 3.8) is 0 Å². The van der Waals surface area contributed by atoms with E-state index in [0.717, 1.165) is 11.3 Å². The summed E-state index contributed by atoms with van der Waals surface area (Å²) >= 11 is 1.69. The number of rotatable bonds is 2. The van der Waals surface area contributed by atoms with Crippen LogP contribution in [0.2, 0.25) is 0 Å². The van der Waals surface area contributed by atoms with E-state index in [-0.39, 0.29) is 0 Å². The topological polar surface area (TPSA) is 52.0 Å². The molecule has 84 valence electrons. The van der Waals surface area contributed by atoms with Gasteiger partial charge in [-0.2, -0.15) is 0 Å². The molecule has 3 rings (SSSR count). The number of thiophene rings is 1. The highest BCUT2D eigenvalue weighted by Crippen LogP contribution is 2.42. The molecule has 0 aromatic carbocycles. The second kappa shape index (κ2) is 3.94. The number of nitrogens with zero attached hydrogens (tertiary/aromatic N) is 1. The van der Waals surface area contributed by atoms with Crippen molar-refractivity contribution < 1.29 is 4.52 Å². The van der Waals surface area contributed by atoms with Gasteiger partial charge in [0.05, 0.1) is 5.56 Å². The zero-order valence-corrected chi connectivity index (χ0v) is 9.80. The van der Waals surface area contributed by atoms with E-state index >= 15 is 0 Å². The molecule has 0 bridgehead atoms. The van der Waals surface area contributed by atoms with E-state index in [0.29, 0.717) is 11.7 Å². The molecule has 1 fully saturated rings. The maximum absolute atomic E-state index is 5.90. The first kappa shape index (κ1) is 9.90. The molecule has 2 heterocycles. The van der Waals surface area contributed by atoms with Gasteiger partial charge < -0.3 is 10.3 Å². The third kappa shape index (κ3) is 1.53. The second-order valence-corrected chi connectivity index (χ2v) is 5.21. The molecule has 2 N–H and O–H groups in total. The van der Waals surface area contributed by atoms with Gasteiger partial charge in [-0.25, -0.2) is 0 Å². The van der Waals surface area contributed by atoms with E-state index in [1.165, 1.54) is 30.6 Å². The number of hydrogen-bond donors (Lipinski definition) is 1. The van der Waals surface area contributed by atoms with Gasteiger partial charge in [0.15, 0.2) is 11.6 Å². The number of nitrogens with two attached hydrogens (primary N) is 1. The van der Waals surface area contributed by atoms with E-state index in [9.17, 15) is 0 Å². The lowest BCUT2D eigenvalue weighted by Gasteiger charge is -2.06. The lowest BCUT2D eigenvalue weighted by Crippen LogP contribution is -1.93. The molecule has 0 saturated heterocycles. The van der Waals surface area contributed by atoms with Crippen LogP contribution in [-0.2, 0) is 0 Å². The third-order valence-electron chi connectivity index (χ3n) is 3.24. The molecule has 3 nitrogen and oxygen atoms in total. The summed E-state index contributed by atoms with van der Waals surface area (Å²) in [6.45, 7) is 0. The van der Waals surface area contributed by atoms with Crippen LogP contribution in [0, 0.1) is 0 Å². The van der Waals surface area contributed by atoms with Crippen LogP contribution >= 0.6 is 11.3 Å². The summed E-state index contributed by atoms with van der Waals surface area (Å²) in [4.78, 5) is 1.17. The van der Waals surface area contributed by atoms with E-state index in [1.807, 2.05) is 6.07 Å². The summed E-state index contributed by atoms with van der Waals surface area (Å²) in [5, 5.41) is 5.98. The van der Waals surface area contributed by atoms with Gasteiger partial charge in [0.2, 0.25) is 0 Å². The van der Waals surface area contributed by atoms with Crippen LogP contribution in [0.5, 0.6) is 0 Å². The van der Waals surface area contributed by atoms with Crippen molar-refractivity contribution in [3.05, 3.63) is 23.3 Å². The van der Waals surface area contributed by atoms with Gasteiger partial charge in [0.25, 0.3) is 0 Å². The van der Waals surface area contributed by atoms with Crippen LogP contribution in [0.1, 0.15) is 37.4 Å². The molecule has 1 saturated carbocycles. The Morgan fingerprint density at radius 1 is 1.38 bits per heavy atom. The smallest absolute Gasteiger partial charge is 0.175 e. The van der Waals surface area contributed by atoms with E-state index in [4.69, 9.17) is 10.3 Å². The van der Waals surface area contributed by atoms with Crippen LogP contribution in [0.3, 0.4) is 0 Å². The minimum Gasteiger partial charge on any atom is -0.380 e. The number of nitrogen functional groups attached to an aromatic ring is 1. The average Bonchev–Trinajstić information content (AvgIpc) is 2.96. The molecule has 0 radical (unpaired) electrons. The lowest BCUT2D eigenvalue weighted by atomic mass is 10.0. The molecule has 4 heteroatoms. The van der Waals surface area contributed by atoms with E-state index in [1.54, 1.807) is 11.3 Å². The summed E-state index contributed by atoms with van der Waals surface area (Å²) in [6.07, 6.45) is 4.98. The maximum atomic E-state index is 5.90. The monoisotopic (exact) mass is 234 g/mol. The Balaban J connectivity index is 2.05. The molecular weight excluding hydrogens is 220 g/mol. The molecule has 1 aliphatic rings. The summed E-state index contributed by atoms with van der Waals surface area (Å²) in [6, 6.07) is 4.11. The van der Waals surface area contributed by atoms with Crippen molar-refractivity contribution in [2.75, 3.05) is 5.73 Å². The van der Waals surface area contributed by atoms with Crippen molar-refractivity contribution in [2.24, 2.45) is 0 Å². The molecular formula is C12H14N2OS. The number of anilines is 1. The molecule has 0 aliphatic heterocycles. The maximum Gasteiger partial charge on any atom is 0.175 e. The highest BCUT2D eigenvalue weighted by atomic mass is 32.1. The zero-order valence-electron chi connectivity index (χ0n) is 8.98. The van der Waals surface area contributed by atoms with Crippen LogP contribution < -0.4 is 5.73 Å². The molecule has 2 aromatic heterocycles. The minimum absolute atomic E-state index is 0.516. The van der Waals surface area contributed by atoms with E-state index in [2.05, 4.69) is 16.6 Å². The zero-order chi connectivity index (χ0) is 11.0. The van der Waals surface area contributed by atoms with Gasteiger partial charge in [-0.05, 0) is 24.3 Å². The van der Waals surface area contributed by atoms with Crippen LogP contribution in [0.25, 0.3) is 10.4 Å². The Labute approximate surface area is 98.3 Å². The largest absolute Gasteiger partial charge is 0.380 e. The fourth-order valence-electron chi connectivity index (χ4n) is 2.45. The fraction of sp³-hybridized carbons (Fsp3) is 0.417. The molecule has 1 aliphatic carbocycles. The van der Waals surface area contributed by atoms with Gasteiger partial charge in [-0.15, -0.1) is 11.3 Å². The first-order chi connectivity index (χ1) is 7.86. The molecule has 2 aromatic rings. The fourth-order valence-corrected chi connectivity index (χ4v) is 3.23. The average molecular weight is 234 g/mol. The van der Waals surface area contributed by atoms with Crippen LogP contribution in [0.4, 0.5) is 5.82 Å². The summed E-state index contributed by atoms with van der Waals surface area (Å²) in [5.74, 6) is 2.05. The van der Waals surface area contributed by atoms with Gasteiger partial charge in [0.1, 0.15) is 0 Å². The standard InChI is InChI=1S/C12H14N2OS/c13-12-10(9-6-3-7-16-9)11(15-14-12)8-4-1-2-5-8/h3,6-8H,1-2,4-5H2,(H2,13,14). The first-order valence-electron chi connectivity index (χ1n) is 5.65. The Kier molecular flexibility index (Phi) is 2.44. The first-order valence-corrected chi connectivity index (χ1v) is 6.53.